The lowest BCUT2D eigenvalue weighted by Crippen LogP contribution is -2.31. The third-order valence-electron chi connectivity index (χ3n) is 3.59. The fourth-order valence-corrected chi connectivity index (χ4v) is 2.63. The van der Waals surface area contributed by atoms with Crippen molar-refractivity contribution in [1.29, 1.82) is 0 Å². The Labute approximate surface area is 98.9 Å². The highest BCUT2D eigenvalue weighted by Gasteiger charge is 2.39. The fourth-order valence-electron chi connectivity index (χ4n) is 2.63. The van der Waals surface area contributed by atoms with E-state index >= 15 is 0 Å². The molecule has 0 aliphatic carbocycles. The zero-order valence-corrected chi connectivity index (χ0v) is 9.68. The van der Waals surface area contributed by atoms with Gasteiger partial charge in [0.2, 0.25) is 5.76 Å². The summed E-state index contributed by atoms with van der Waals surface area (Å²) < 4.78 is 9.87. The van der Waals surface area contributed by atoms with Crippen LogP contribution < -0.4 is 10.1 Å². The van der Waals surface area contributed by atoms with Crippen molar-refractivity contribution in [3.63, 3.8) is 0 Å². The first-order valence-electron chi connectivity index (χ1n) is 5.78. The molecule has 17 heavy (non-hydrogen) atoms. The molecule has 2 aliphatic rings. The van der Waals surface area contributed by atoms with Crippen LogP contribution in [0, 0.1) is 11.8 Å². The third-order valence-corrected chi connectivity index (χ3v) is 3.59. The zero-order valence-electron chi connectivity index (χ0n) is 9.68. The number of hydrogen-bond acceptors (Lipinski definition) is 5. The Balaban J connectivity index is 1.70. The predicted octanol–water partition coefficient (Wildman–Crippen LogP) is -0.0254. The van der Waals surface area contributed by atoms with Crippen LogP contribution in [0.3, 0.4) is 0 Å². The second kappa shape index (κ2) is 4.03. The molecule has 1 aromatic rings. The summed E-state index contributed by atoms with van der Waals surface area (Å²) in [5.41, 5.74) is 0. The van der Waals surface area contributed by atoms with E-state index < -0.39 is 0 Å². The van der Waals surface area contributed by atoms with Gasteiger partial charge in [-0.25, -0.2) is 0 Å². The Morgan fingerprint density at radius 3 is 2.82 bits per heavy atom. The van der Waals surface area contributed by atoms with Crippen molar-refractivity contribution in [3.05, 3.63) is 11.8 Å². The number of ether oxygens (including phenoxy) is 1. The van der Waals surface area contributed by atoms with Crippen molar-refractivity contribution in [1.82, 2.24) is 15.4 Å². The Morgan fingerprint density at radius 1 is 1.53 bits per heavy atom. The van der Waals surface area contributed by atoms with Crippen molar-refractivity contribution in [3.8, 4) is 5.88 Å². The number of aromatic nitrogens is 1. The molecule has 3 rings (SSSR count). The van der Waals surface area contributed by atoms with Gasteiger partial charge in [-0.3, -0.25) is 4.79 Å². The van der Waals surface area contributed by atoms with Crippen LogP contribution in [0.15, 0.2) is 10.6 Å². The largest absolute Gasteiger partial charge is 0.479 e. The first-order valence-corrected chi connectivity index (χ1v) is 5.78. The first kappa shape index (κ1) is 10.6. The number of carbonyl (C=O) groups is 1. The number of fused-ring (bicyclic) bond motifs is 1. The number of nitrogens with zero attached hydrogens (tertiary/aromatic N) is 2. The molecule has 6 heteroatoms. The number of amides is 1. The number of nitrogens with one attached hydrogen (secondary N) is 1. The monoisotopic (exact) mass is 237 g/mol. The Bertz CT molecular complexity index is 419. The summed E-state index contributed by atoms with van der Waals surface area (Å²) in [5.74, 6) is 1.69. The lowest BCUT2D eigenvalue weighted by Gasteiger charge is -2.15. The molecule has 0 saturated carbocycles. The van der Waals surface area contributed by atoms with E-state index in [0.29, 0.717) is 17.7 Å². The smallest absolute Gasteiger partial charge is 0.292 e. The molecule has 0 radical (unpaired) electrons. The van der Waals surface area contributed by atoms with Crippen molar-refractivity contribution < 1.29 is 14.1 Å². The Kier molecular flexibility index (Phi) is 2.51. The molecule has 0 bridgehead atoms. The molecule has 2 aliphatic heterocycles. The Morgan fingerprint density at radius 2 is 2.24 bits per heavy atom. The molecular weight excluding hydrogens is 222 g/mol. The van der Waals surface area contributed by atoms with E-state index in [1.54, 1.807) is 0 Å². The number of hydrogen-bond donors (Lipinski definition) is 1. The minimum Gasteiger partial charge on any atom is -0.479 e. The van der Waals surface area contributed by atoms with Crippen molar-refractivity contribution in [2.24, 2.45) is 11.8 Å². The number of likely N-dealkylation sites (tertiary alicyclic amines) is 1. The van der Waals surface area contributed by atoms with Gasteiger partial charge in [0, 0.05) is 26.2 Å². The van der Waals surface area contributed by atoms with E-state index in [1.807, 2.05) is 4.90 Å². The second-order valence-corrected chi connectivity index (χ2v) is 4.62. The SMILES string of the molecule is COc1cc(C(=O)N2CC3CNCC3C2)on1. The molecular formula is C11H15N3O3. The normalized spacial score (nSPS) is 27.2. The van der Waals surface area contributed by atoms with Gasteiger partial charge in [-0.1, -0.05) is 0 Å². The molecule has 1 aromatic heterocycles. The summed E-state index contributed by atoms with van der Waals surface area (Å²) in [7, 11) is 1.50. The number of methoxy groups -OCH3 is 1. The van der Waals surface area contributed by atoms with Crippen LogP contribution in [-0.4, -0.2) is 49.3 Å². The fraction of sp³-hybridized carbons (Fsp3) is 0.636. The highest BCUT2D eigenvalue weighted by molar-refractivity contribution is 5.91. The van der Waals surface area contributed by atoms with E-state index in [-0.39, 0.29) is 11.7 Å². The van der Waals surface area contributed by atoms with Crippen molar-refractivity contribution in [2.75, 3.05) is 33.3 Å². The summed E-state index contributed by atoms with van der Waals surface area (Å²) in [6.07, 6.45) is 0. The van der Waals surface area contributed by atoms with Gasteiger partial charge in [-0.2, -0.15) is 0 Å². The lowest BCUT2D eigenvalue weighted by molar-refractivity contribution is 0.0740. The molecule has 2 unspecified atom stereocenters. The van der Waals surface area contributed by atoms with Crippen molar-refractivity contribution >= 4 is 5.91 Å². The zero-order chi connectivity index (χ0) is 11.8. The number of rotatable bonds is 2. The molecule has 0 aromatic carbocycles. The molecule has 1 N–H and O–H groups in total. The molecule has 1 amide bonds. The quantitative estimate of drug-likeness (QED) is 0.782. The summed E-state index contributed by atoms with van der Waals surface area (Å²) in [5, 5.41) is 6.99. The maximum absolute atomic E-state index is 12.1. The molecule has 2 saturated heterocycles. The van der Waals surface area contributed by atoms with Gasteiger partial charge in [-0.15, -0.1) is 0 Å². The average molecular weight is 237 g/mol. The Hall–Kier alpha value is -1.56. The average Bonchev–Trinajstić information content (AvgIpc) is 3.02. The van der Waals surface area contributed by atoms with Gasteiger partial charge in [0.05, 0.1) is 13.2 Å². The molecule has 2 atom stereocenters. The topological polar surface area (TPSA) is 67.6 Å². The highest BCUT2D eigenvalue weighted by atomic mass is 16.5. The van der Waals surface area contributed by atoms with Gasteiger partial charge in [-0.05, 0) is 17.0 Å². The van der Waals surface area contributed by atoms with E-state index in [4.69, 9.17) is 9.26 Å². The maximum atomic E-state index is 12.1. The van der Waals surface area contributed by atoms with Gasteiger partial charge < -0.3 is 19.5 Å². The minimum atomic E-state index is -0.0878. The molecule has 6 nitrogen and oxygen atoms in total. The third kappa shape index (κ3) is 1.78. The van der Waals surface area contributed by atoms with Crippen LogP contribution in [0.1, 0.15) is 10.6 Å². The van der Waals surface area contributed by atoms with Crippen LogP contribution in [0.25, 0.3) is 0 Å². The maximum Gasteiger partial charge on any atom is 0.292 e. The summed E-state index contributed by atoms with van der Waals surface area (Å²) >= 11 is 0. The van der Waals surface area contributed by atoms with Crippen LogP contribution in [0.2, 0.25) is 0 Å². The van der Waals surface area contributed by atoms with E-state index in [2.05, 4.69) is 10.5 Å². The van der Waals surface area contributed by atoms with Crippen molar-refractivity contribution in [2.45, 2.75) is 0 Å². The summed E-state index contributed by atoms with van der Waals surface area (Å²) in [4.78, 5) is 14.0. The van der Waals surface area contributed by atoms with Crippen LogP contribution >= 0.6 is 0 Å². The van der Waals surface area contributed by atoms with Gasteiger partial charge in [0.25, 0.3) is 11.8 Å². The lowest BCUT2D eigenvalue weighted by atomic mass is 10.0. The van der Waals surface area contributed by atoms with E-state index in [9.17, 15) is 4.79 Å². The molecule has 0 spiro atoms. The van der Waals surface area contributed by atoms with E-state index in [1.165, 1.54) is 13.2 Å². The summed E-state index contributed by atoms with van der Waals surface area (Å²) in [6.45, 7) is 3.63. The predicted molar refractivity (Wildman–Crippen MR) is 58.8 cm³/mol. The summed E-state index contributed by atoms with van der Waals surface area (Å²) in [6, 6.07) is 1.54. The van der Waals surface area contributed by atoms with Gasteiger partial charge >= 0.3 is 0 Å². The van der Waals surface area contributed by atoms with E-state index in [0.717, 1.165) is 26.2 Å². The second-order valence-electron chi connectivity index (χ2n) is 4.62. The molecule has 2 fully saturated rings. The molecule has 3 heterocycles. The van der Waals surface area contributed by atoms with Crippen LogP contribution in [0.5, 0.6) is 5.88 Å². The van der Waals surface area contributed by atoms with Gasteiger partial charge in [0.15, 0.2) is 0 Å². The first-order chi connectivity index (χ1) is 8.28. The highest BCUT2D eigenvalue weighted by Crippen LogP contribution is 2.27. The molecule has 92 valence electrons. The van der Waals surface area contributed by atoms with Crippen LogP contribution in [-0.2, 0) is 0 Å². The number of carbonyl (C=O) groups excluding carboxylic acids is 1. The standard InChI is InChI=1S/C11H15N3O3/c1-16-10-2-9(17-13-10)11(15)14-5-7-3-12-4-8(7)6-14/h2,7-8,12H,3-6H2,1H3. The van der Waals surface area contributed by atoms with Crippen LogP contribution in [0.4, 0.5) is 0 Å². The minimum absolute atomic E-state index is 0.0878. The van der Waals surface area contributed by atoms with Gasteiger partial charge in [0.1, 0.15) is 0 Å².